The molecule has 0 spiro atoms. The fourth-order valence-corrected chi connectivity index (χ4v) is 0.497. The fourth-order valence-electron chi connectivity index (χ4n) is 0.497. The van der Waals surface area contributed by atoms with Crippen LogP contribution in [-0.4, -0.2) is 0 Å². The van der Waals surface area contributed by atoms with E-state index < -0.39 is 37.8 Å². The predicted molar refractivity (Wildman–Crippen MR) is 36.9 cm³/mol. The molecule has 0 aromatic rings. The Bertz CT molecular complexity index is 348. The molecule has 0 heteroatoms. The Morgan fingerprint density at radius 3 is 3.25 bits per heavy atom. The van der Waals surface area contributed by atoms with Crippen molar-refractivity contribution >= 4 is 0 Å². The zero-order valence-electron chi connectivity index (χ0n) is 14.8. The van der Waals surface area contributed by atoms with Crippen molar-refractivity contribution in [3.63, 3.8) is 0 Å². The maximum Gasteiger partial charge on any atom is 0.0303 e. The van der Waals surface area contributed by atoms with E-state index in [1.165, 1.54) is 6.92 Å². The second-order valence-corrected chi connectivity index (χ2v) is 1.52. The molecule has 1 aliphatic carbocycles. The Balaban J connectivity index is 3.61. The summed E-state index contributed by atoms with van der Waals surface area (Å²) in [6.45, 7) is 1.34. The fraction of sp³-hybridized carbons (Fsp3) is 1.00. The lowest BCUT2D eigenvalue weighted by Crippen LogP contribution is -2.03. The number of hydrogen-bond acceptors (Lipinski definition) is 0. The minimum absolute atomic E-state index is 0.349. The minimum Gasteiger partial charge on any atom is -0.0651 e. The van der Waals surface area contributed by atoms with Crippen LogP contribution in [0.4, 0.5) is 0 Å². The third-order valence-corrected chi connectivity index (χ3v) is 0.958. The Hall–Kier alpha value is 0. The van der Waals surface area contributed by atoms with Crippen molar-refractivity contribution in [1.82, 2.24) is 0 Å². The minimum atomic E-state index is -3.12. The summed E-state index contributed by atoms with van der Waals surface area (Å²) in [5, 5.41) is 0. The summed E-state index contributed by atoms with van der Waals surface area (Å²) < 4.78 is 76.7. The van der Waals surface area contributed by atoms with Gasteiger partial charge in [0.25, 0.3) is 0 Å². The molecule has 1 aliphatic rings. The molecule has 0 bridgehead atoms. The normalized spacial score (nSPS) is 92.4. The summed E-state index contributed by atoms with van der Waals surface area (Å²) >= 11 is 0. The van der Waals surface area contributed by atoms with Crippen molar-refractivity contribution in [2.24, 2.45) is 5.89 Å². The lowest BCUT2D eigenvalue weighted by molar-refractivity contribution is 0.349. The van der Waals surface area contributed by atoms with E-state index in [9.17, 15) is 0 Å². The van der Waals surface area contributed by atoms with Crippen LogP contribution < -0.4 is 0 Å². The van der Waals surface area contributed by atoms with E-state index in [-0.39, 0.29) is 6.42 Å². The van der Waals surface area contributed by atoms with Crippen molar-refractivity contribution in [3.05, 3.63) is 0 Å². The molecule has 0 heterocycles. The molecule has 1 saturated carbocycles. The maximum atomic E-state index is 7.96. The van der Waals surface area contributed by atoms with Crippen LogP contribution in [0.25, 0.3) is 0 Å². The lowest BCUT2D eigenvalue weighted by atomic mass is 9.88. The van der Waals surface area contributed by atoms with Gasteiger partial charge in [0.15, 0.2) is 0 Å². The third kappa shape index (κ3) is 1.50. The summed E-state index contributed by atoms with van der Waals surface area (Å²) in [5.41, 5.74) is 0. The molecule has 1 fully saturated rings. The SMILES string of the molecule is [2H]C1C([2H])([2H])C([2H])([2H])C([2H])([2H])C([2H])(CC)C1([2H])[2H]. The molecule has 1 rings (SSSR count). The van der Waals surface area contributed by atoms with Crippen molar-refractivity contribution in [2.45, 2.75) is 45.2 Å². The molecule has 8 heavy (non-hydrogen) atoms. The first-order valence-corrected chi connectivity index (χ1v) is 2.64. The van der Waals surface area contributed by atoms with Gasteiger partial charge in [0, 0.05) is 13.7 Å². The van der Waals surface area contributed by atoms with E-state index >= 15 is 0 Å². The zero-order chi connectivity index (χ0) is 14.8. The first kappa shape index (κ1) is 1.21. The van der Waals surface area contributed by atoms with Gasteiger partial charge < -0.3 is 0 Å². The lowest BCUT2D eigenvalue weighted by Gasteiger charge is -2.18. The Morgan fingerprint density at radius 1 is 1.62 bits per heavy atom. The summed E-state index contributed by atoms with van der Waals surface area (Å²) in [5.74, 6) is -2.51. The molecule has 2 atom stereocenters. The molecular weight excluding hydrogens is 96.1 g/mol. The molecular formula is C8H16. The molecule has 0 amide bonds. The summed E-state index contributed by atoms with van der Waals surface area (Å²) in [4.78, 5) is 0. The van der Waals surface area contributed by atoms with Gasteiger partial charge in [-0.25, -0.2) is 0 Å². The van der Waals surface area contributed by atoms with Gasteiger partial charge in [-0.2, -0.15) is 0 Å². The quantitative estimate of drug-likeness (QED) is 0.501. The van der Waals surface area contributed by atoms with Crippen LogP contribution in [0.15, 0.2) is 0 Å². The van der Waals surface area contributed by atoms with E-state index in [0.29, 0.717) is 0 Å². The molecule has 0 N–H and O–H groups in total. The highest BCUT2D eigenvalue weighted by Crippen LogP contribution is 2.25. The molecule has 0 radical (unpaired) electrons. The molecule has 0 nitrogen and oxygen atoms in total. The van der Waals surface area contributed by atoms with Gasteiger partial charge in [-0.05, 0) is 5.89 Å². The first-order chi connectivity index (χ1) is 7.72. The van der Waals surface area contributed by atoms with Gasteiger partial charge in [-0.3, -0.25) is 0 Å². The van der Waals surface area contributed by atoms with Crippen LogP contribution in [0.2, 0.25) is 0 Å². The number of hydrogen-bond donors (Lipinski definition) is 0. The second kappa shape index (κ2) is 3.11. The van der Waals surface area contributed by atoms with Crippen LogP contribution >= 0.6 is 0 Å². The predicted octanol–water partition coefficient (Wildman–Crippen LogP) is 2.98. The molecule has 0 aliphatic heterocycles. The molecule has 0 saturated heterocycles. The van der Waals surface area contributed by atoms with Crippen LogP contribution in [0, 0.1) is 5.89 Å². The van der Waals surface area contributed by atoms with Crippen LogP contribution in [0.3, 0.4) is 0 Å². The first-order valence-electron chi connectivity index (χ1n) is 7.72. The molecule has 2 unspecified atom stereocenters. The van der Waals surface area contributed by atoms with Crippen LogP contribution in [-0.2, 0) is 0 Å². The largest absolute Gasteiger partial charge is 0.0651 e. The third-order valence-electron chi connectivity index (χ3n) is 0.958. The Labute approximate surface area is 66.3 Å². The smallest absolute Gasteiger partial charge is 0.0303 e. The maximum absolute atomic E-state index is 7.96. The van der Waals surface area contributed by atoms with Crippen molar-refractivity contribution < 1.29 is 13.7 Å². The Kier molecular flexibility index (Phi) is 0.471. The van der Waals surface area contributed by atoms with Gasteiger partial charge in [0.1, 0.15) is 0 Å². The summed E-state index contributed by atoms with van der Waals surface area (Å²) in [6.07, 6.45) is -14.5. The van der Waals surface area contributed by atoms with Crippen molar-refractivity contribution in [3.8, 4) is 0 Å². The highest BCUT2D eigenvalue weighted by molar-refractivity contribution is 4.63. The van der Waals surface area contributed by atoms with Crippen LogP contribution in [0.1, 0.15) is 58.9 Å². The van der Waals surface area contributed by atoms with Gasteiger partial charge in [-0.1, -0.05) is 45.2 Å². The van der Waals surface area contributed by atoms with Crippen molar-refractivity contribution in [2.75, 3.05) is 0 Å². The number of rotatable bonds is 1. The van der Waals surface area contributed by atoms with E-state index in [1.54, 1.807) is 0 Å². The molecule has 0 aromatic heterocycles. The zero-order valence-corrected chi connectivity index (χ0v) is 4.78. The standard InChI is InChI=1S/C8H16/c1-2-8-6-4-3-5-7-8/h8H,2-7H2,1H3/i3D2,4D,5D2,6D2,7D2,8D. The van der Waals surface area contributed by atoms with Crippen molar-refractivity contribution in [1.29, 1.82) is 0 Å². The average Bonchev–Trinajstić information content (AvgIpc) is 2.24. The topological polar surface area (TPSA) is 0 Å². The second-order valence-electron chi connectivity index (χ2n) is 1.52. The highest BCUT2D eigenvalue weighted by atomic mass is 14.2. The van der Waals surface area contributed by atoms with Gasteiger partial charge in [0.2, 0.25) is 0 Å². The monoisotopic (exact) mass is 122 g/mol. The summed E-state index contributed by atoms with van der Waals surface area (Å²) in [7, 11) is 0. The van der Waals surface area contributed by atoms with E-state index in [4.69, 9.17) is 13.7 Å². The van der Waals surface area contributed by atoms with Gasteiger partial charge in [-0.15, -0.1) is 0 Å². The van der Waals surface area contributed by atoms with E-state index in [0.717, 1.165) is 0 Å². The van der Waals surface area contributed by atoms with Crippen LogP contribution in [0.5, 0.6) is 0 Å². The Morgan fingerprint density at radius 2 is 2.50 bits per heavy atom. The summed E-state index contributed by atoms with van der Waals surface area (Å²) in [6, 6.07) is 0. The van der Waals surface area contributed by atoms with Gasteiger partial charge >= 0.3 is 0 Å². The molecule has 48 valence electrons. The van der Waals surface area contributed by atoms with E-state index in [1.807, 2.05) is 0 Å². The molecule has 0 aromatic carbocycles. The average molecular weight is 122 g/mol. The highest BCUT2D eigenvalue weighted by Gasteiger charge is 2.09. The van der Waals surface area contributed by atoms with Gasteiger partial charge in [0.05, 0.1) is 0 Å². The van der Waals surface area contributed by atoms with E-state index in [2.05, 4.69) is 0 Å².